The summed E-state index contributed by atoms with van der Waals surface area (Å²) in [5.74, 6) is -1.38. The number of aliphatic hydroxyl groups excluding tert-OH is 3. The molecule has 6 heteroatoms. The van der Waals surface area contributed by atoms with Gasteiger partial charge < -0.3 is 20.4 Å². The molecular formula is C6H9O6+. The van der Waals surface area contributed by atoms with Crippen LogP contribution in [-0.2, 0) is 9.53 Å². The van der Waals surface area contributed by atoms with Gasteiger partial charge in [-0.05, 0) is 0 Å². The number of hydrogen-bond acceptors (Lipinski definition) is 5. The first-order valence-corrected chi connectivity index (χ1v) is 3.30. The normalized spacial score (nSPS) is 41.9. The lowest BCUT2D eigenvalue weighted by molar-refractivity contribution is -0.185. The van der Waals surface area contributed by atoms with Crippen molar-refractivity contribution in [2.24, 2.45) is 0 Å². The average molecular weight is 177 g/mol. The van der Waals surface area contributed by atoms with E-state index in [0.29, 0.717) is 0 Å². The van der Waals surface area contributed by atoms with E-state index in [-0.39, 0.29) is 0 Å². The minimum Gasteiger partial charge on any atom is -0.479 e. The van der Waals surface area contributed by atoms with Crippen LogP contribution in [0.5, 0.6) is 0 Å². The molecule has 1 heterocycles. The molecule has 4 N–H and O–H groups in total. The smallest absolute Gasteiger partial charge is 0.340 e. The summed E-state index contributed by atoms with van der Waals surface area (Å²) >= 11 is 0. The topological polar surface area (TPSA) is 107 Å². The monoisotopic (exact) mass is 177 g/mol. The summed E-state index contributed by atoms with van der Waals surface area (Å²) in [6.45, 7) is 0.788. The number of rotatable bonds is 1. The van der Waals surface area contributed by atoms with E-state index in [0.717, 1.165) is 6.61 Å². The van der Waals surface area contributed by atoms with Crippen molar-refractivity contribution in [3.63, 3.8) is 0 Å². The molecule has 4 atom stereocenters. The summed E-state index contributed by atoms with van der Waals surface area (Å²) in [6.07, 6.45) is -5.98. The second-order valence-electron chi connectivity index (χ2n) is 2.50. The van der Waals surface area contributed by atoms with Gasteiger partial charge in [-0.15, -0.1) is 0 Å². The van der Waals surface area contributed by atoms with Crippen molar-refractivity contribution in [2.45, 2.75) is 24.4 Å². The maximum absolute atomic E-state index is 10.3. The van der Waals surface area contributed by atoms with Crippen LogP contribution in [0.1, 0.15) is 0 Å². The molecule has 1 saturated heterocycles. The second kappa shape index (κ2) is 3.28. The fourth-order valence-corrected chi connectivity index (χ4v) is 0.912. The predicted octanol–water partition coefficient (Wildman–Crippen LogP) is -2.29. The van der Waals surface area contributed by atoms with Crippen molar-refractivity contribution in [1.29, 1.82) is 0 Å². The van der Waals surface area contributed by atoms with Gasteiger partial charge in [0.25, 0.3) is 12.7 Å². The van der Waals surface area contributed by atoms with Gasteiger partial charge in [0.15, 0.2) is 6.10 Å². The largest absolute Gasteiger partial charge is 0.479 e. The van der Waals surface area contributed by atoms with E-state index in [2.05, 4.69) is 4.74 Å². The molecule has 1 fully saturated rings. The Morgan fingerprint density at radius 2 is 1.83 bits per heavy atom. The molecule has 0 bridgehead atoms. The molecule has 1 aliphatic heterocycles. The van der Waals surface area contributed by atoms with Crippen LogP contribution in [0.3, 0.4) is 0 Å². The van der Waals surface area contributed by atoms with E-state index in [1.54, 1.807) is 0 Å². The number of aliphatic carboxylic acids is 1. The maximum atomic E-state index is 10.3. The first-order valence-electron chi connectivity index (χ1n) is 3.30. The van der Waals surface area contributed by atoms with Gasteiger partial charge in [-0.25, -0.2) is 4.79 Å². The predicted molar refractivity (Wildman–Crippen MR) is 34.8 cm³/mol. The Balaban J connectivity index is 2.65. The Bertz CT molecular complexity index is 181. The van der Waals surface area contributed by atoms with E-state index in [1.165, 1.54) is 0 Å². The lowest BCUT2D eigenvalue weighted by Gasteiger charge is -2.25. The number of hydrogen-bond donors (Lipinski definition) is 4. The summed E-state index contributed by atoms with van der Waals surface area (Å²) in [7, 11) is 0. The van der Waals surface area contributed by atoms with Crippen LogP contribution in [0.4, 0.5) is 0 Å². The number of carbonyl (C=O) groups is 1. The van der Waals surface area contributed by atoms with Gasteiger partial charge in [-0.2, -0.15) is 4.74 Å². The van der Waals surface area contributed by atoms with Crippen molar-refractivity contribution >= 4 is 5.97 Å². The Hall–Kier alpha value is -0.820. The third-order valence-electron chi connectivity index (χ3n) is 1.62. The van der Waals surface area contributed by atoms with E-state index in [1.807, 2.05) is 0 Å². The van der Waals surface area contributed by atoms with Gasteiger partial charge in [-0.3, -0.25) is 0 Å². The lowest BCUT2D eigenvalue weighted by Crippen LogP contribution is -2.53. The number of ether oxygens (including phenoxy) is 1. The zero-order valence-electron chi connectivity index (χ0n) is 5.99. The first-order chi connectivity index (χ1) is 5.54. The van der Waals surface area contributed by atoms with Crippen LogP contribution in [0, 0.1) is 6.61 Å². The van der Waals surface area contributed by atoms with Gasteiger partial charge in [0, 0.05) is 0 Å². The standard InChI is InChI=1S/C6H8O6/c7-2-1-12-5(6(10)11)4(9)3(2)8/h1-5,7-9H/p+1/t2-,3+,4-,5-/m0/s1. The summed E-state index contributed by atoms with van der Waals surface area (Å²) in [4.78, 5) is 10.3. The van der Waals surface area contributed by atoms with Crippen LogP contribution in [-0.4, -0.2) is 50.8 Å². The first kappa shape index (κ1) is 9.27. The van der Waals surface area contributed by atoms with Gasteiger partial charge in [0.2, 0.25) is 6.10 Å². The second-order valence-corrected chi connectivity index (χ2v) is 2.50. The highest BCUT2D eigenvalue weighted by Gasteiger charge is 2.48. The third kappa shape index (κ3) is 1.51. The molecule has 0 aliphatic carbocycles. The number of aliphatic hydroxyl groups is 3. The molecule has 1 aliphatic rings. The lowest BCUT2D eigenvalue weighted by atomic mass is 10.0. The van der Waals surface area contributed by atoms with E-state index < -0.39 is 30.4 Å². The third-order valence-corrected chi connectivity index (χ3v) is 1.62. The van der Waals surface area contributed by atoms with Crippen LogP contribution in [0.15, 0.2) is 0 Å². The highest BCUT2D eigenvalue weighted by molar-refractivity contribution is 5.73. The molecule has 0 aromatic rings. The minimum atomic E-state index is -1.61. The van der Waals surface area contributed by atoms with Crippen molar-refractivity contribution < 1.29 is 30.0 Å². The molecule has 1 rings (SSSR count). The summed E-state index contributed by atoms with van der Waals surface area (Å²) < 4.78 is 4.45. The van der Waals surface area contributed by atoms with Gasteiger partial charge in [0.05, 0.1) is 0 Å². The highest BCUT2D eigenvalue weighted by Crippen LogP contribution is 2.18. The molecule has 68 valence electrons. The Morgan fingerprint density at radius 1 is 1.25 bits per heavy atom. The molecule has 0 unspecified atom stereocenters. The zero-order valence-corrected chi connectivity index (χ0v) is 5.99. The Kier molecular flexibility index (Phi) is 2.53. The van der Waals surface area contributed by atoms with Gasteiger partial charge in [-0.1, -0.05) is 0 Å². The maximum Gasteiger partial charge on any atom is 0.340 e. The highest BCUT2D eigenvalue weighted by atomic mass is 16.5. The van der Waals surface area contributed by atoms with E-state index >= 15 is 0 Å². The van der Waals surface area contributed by atoms with Crippen LogP contribution in [0.2, 0.25) is 0 Å². The fourth-order valence-electron chi connectivity index (χ4n) is 0.912. The molecule has 0 spiro atoms. The van der Waals surface area contributed by atoms with Crippen molar-refractivity contribution in [3.05, 3.63) is 6.61 Å². The van der Waals surface area contributed by atoms with Crippen LogP contribution >= 0.6 is 0 Å². The Morgan fingerprint density at radius 3 is 2.33 bits per heavy atom. The molecule has 0 aromatic carbocycles. The van der Waals surface area contributed by atoms with Crippen molar-refractivity contribution in [3.8, 4) is 0 Å². The zero-order chi connectivity index (χ0) is 9.30. The average Bonchev–Trinajstić information content (AvgIpc) is 2.00. The van der Waals surface area contributed by atoms with Crippen molar-refractivity contribution in [2.75, 3.05) is 0 Å². The quantitative estimate of drug-likeness (QED) is 0.336. The number of carboxylic acid groups (broad SMARTS) is 1. The van der Waals surface area contributed by atoms with Gasteiger partial charge >= 0.3 is 5.97 Å². The minimum absolute atomic E-state index is 0.788. The summed E-state index contributed by atoms with van der Waals surface area (Å²) in [5.41, 5.74) is 0. The molecule has 0 saturated carbocycles. The van der Waals surface area contributed by atoms with E-state index in [4.69, 9.17) is 20.4 Å². The molecule has 12 heavy (non-hydrogen) atoms. The fraction of sp³-hybridized carbons (Fsp3) is 0.667. The van der Waals surface area contributed by atoms with Crippen LogP contribution < -0.4 is 0 Å². The summed E-state index contributed by atoms with van der Waals surface area (Å²) in [5, 5.41) is 35.3. The molecular weight excluding hydrogens is 168 g/mol. The van der Waals surface area contributed by atoms with Crippen LogP contribution in [0.25, 0.3) is 0 Å². The molecule has 0 aromatic heterocycles. The van der Waals surface area contributed by atoms with E-state index in [9.17, 15) is 4.79 Å². The molecule has 6 nitrogen and oxygen atoms in total. The Labute approximate surface area is 68.0 Å². The number of carboxylic acids is 1. The van der Waals surface area contributed by atoms with Crippen molar-refractivity contribution in [1.82, 2.24) is 0 Å². The summed E-state index contributed by atoms with van der Waals surface area (Å²) in [6, 6.07) is 0. The molecule has 0 radical (unpaired) electrons. The SMILES string of the molecule is O=C(O)[C@H]1O[CH+][C@H](O)[C@@H](O)[C@@H]1O. The van der Waals surface area contributed by atoms with Gasteiger partial charge in [0.1, 0.15) is 6.10 Å². The molecule has 0 amide bonds.